The van der Waals surface area contributed by atoms with Gasteiger partial charge in [-0.15, -0.1) is 0 Å². The van der Waals surface area contributed by atoms with E-state index in [0.29, 0.717) is 16.8 Å². The van der Waals surface area contributed by atoms with E-state index in [1.165, 1.54) is 37.8 Å². The molecule has 0 aromatic heterocycles. The van der Waals surface area contributed by atoms with Crippen molar-refractivity contribution in [1.29, 1.82) is 0 Å². The third kappa shape index (κ3) is 4.66. The Kier molecular flexibility index (Phi) is 5.46. The van der Waals surface area contributed by atoms with Crippen molar-refractivity contribution in [1.82, 2.24) is 5.32 Å². The van der Waals surface area contributed by atoms with Gasteiger partial charge in [0.15, 0.2) is 0 Å². The second-order valence-corrected chi connectivity index (χ2v) is 5.81. The van der Waals surface area contributed by atoms with E-state index in [9.17, 15) is 4.39 Å². The first-order valence-electron chi connectivity index (χ1n) is 7.10. The maximum atomic E-state index is 13.2. The molecule has 1 saturated heterocycles. The third-order valence-electron chi connectivity index (χ3n) is 3.63. The molecule has 1 aliphatic rings. The average Bonchev–Trinajstić information content (AvgIpc) is 2.62. The lowest BCUT2D eigenvalue weighted by Crippen LogP contribution is -2.33. The van der Waals surface area contributed by atoms with Crippen LogP contribution in [0.1, 0.15) is 39.0 Å². The van der Waals surface area contributed by atoms with Crippen LogP contribution in [-0.4, -0.2) is 18.6 Å². The van der Waals surface area contributed by atoms with Gasteiger partial charge in [0.1, 0.15) is 5.82 Å². The van der Waals surface area contributed by atoms with Crippen molar-refractivity contribution in [2.75, 3.05) is 11.9 Å². The molecule has 0 spiro atoms. The SMILES string of the molecule is CC(CC1CCCCCN1)Nc1cc(F)ccc1Cl. The van der Waals surface area contributed by atoms with Crippen molar-refractivity contribution in [2.45, 2.75) is 51.1 Å². The highest BCUT2D eigenvalue weighted by atomic mass is 35.5. The quantitative estimate of drug-likeness (QED) is 0.866. The number of hydrogen-bond acceptors (Lipinski definition) is 2. The highest BCUT2D eigenvalue weighted by Gasteiger charge is 2.15. The Bertz CT molecular complexity index is 403. The Morgan fingerprint density at radius 1 is 1.42 bits per heavy atom. The van der Waals surface area contributed by atoms with Crippen LogP contribution in [0.3, 0.4) is 0 Å². The van der Waals surface area contributed by atoms with E-state index in [1.807, 2.05) is 0 Å². The monoisotopic (exact) mass is 284 g/mol. The van der Waals surface area contributed by atoms with Crippen LogP contribution in [0, 0.1) is 5.82 Å². The minimum atomic E-state index is -0.258. The van der Waals surface area contributed by atoms with Gasteiger partial charge in [-0.2, -0.15) is 0 Å². The summed E-state index contributed by atoms with van der Waals surface area (Å²) in [5, 5.41) is 7.46. The largest absolute Gasteiger partial charge is 0.381 e. The van der Waals surface area contributed by atoms with Crippen LogP contribution in [0.15, 0.2) is 18.2 Å². The third-order valence-corrected chi connectivity index (χ3v) is 3.96. The molecular weight excluding hydrogens is 263 g/mol. The molecule has 2 unspecified atom stereocenters. The summed E-state index contributed by atoms with van der Waals surface area (Å²) in [5.41, 5.74) is 0.683. The molecule has 2 nitrogen and oxygen atoms in total. The summed E-state index contributed by atoms with van der Waals surface area (Å²) in [5.74, 6) is -0.258. The maximum Gasteiger partial charge on any atom is 0.125 e. The summed E-state index contributed by atoms with van der Waals surface area (Å²) >= 11 is 6.06. The first-order chi connectivity index (χ1) is 9.15. The average molecular weight is 285 g/mol. The summed E-state index contributed by atoms with van der Waals surface area (Å²) in [6.07, 6.45) is 6.15. The molecule has 2 N–H and O–H groups in total. The molecule has 19 heavy (non-hydrogen) atoms. The Hall–Kier alpha value is -0.800. The van der Waals surface area contributed by atoms with Crippen molar-refractivity contribution in [3.05, 3.63) is 29.0 Å². The summed E-state index contributed by atoms with van der Waals surface area (Å²) in [7, 11) is 0. The molecule has 1 fully saturated rings. The van der Waals surface area contributed by atoms with Gasteiger partial charge in [0.05, 0.1) is 10.7 Å². The fraction of sp³-hybridized carbons (Fsp3) is 0.600. The number of hydrogen-bond donors (Lipinski definition) is 2. The lowest BCUT2D eigenvalue weighted by molar-refractivity contribution is 0.456. The van der Waals surface area contributed by atoms with E-state index < -0.39 is 0 Å². The predicted molar refractivity (Wildman–Crippen MR) is 79.4 cm³/mol. The zero-order valence-corrected chi connectivity index (χ0v) is 12.1. The van der Waals surface area contributed by atoms with E-state index in [0.717, 1.165) is 13.0 Å². The molecule has 0 radical (unpaired) electrons. The van der Waals surface area contributed by atoms with Crippen LogP contribution in [-0.2, 0) is 0 Å². The molecule has 0 saturated carbocycles. The molecule has 4 heteroatoms. The van der Waals surface area contributed by atoms with Crippen molar-refractivity contribution in [2.24, 2.45) is 0 Å². The van der Waals surface area contributed by atoms with Gasteiger partial charge in [-0.05, 0) is 50.9 Å². The van der Waals surface area contributed by atoms with E-state index >= 15 is 0 Å². The van der Waals surface area contributed by atoms with Gasteiger partial charge in [0.2, 0.25) is 0 Å². The molecule has 1 aromatic rings. The molecule has 2 rings (SSSR count). The highest BCUT2D eigenvalue weighted by Crippen LogP contribution is 2.24. The van der Waals surface area contributed by atoms with Gasteiger partial charge in [-0.1, -0.05) is 24.4 Å². The normalized spacial score (nSPS) is 21.7. The van der Waals surface area contributed by atoms with E-state index in [2.05, 4.69) is 17.6 Å². The number of anilines is 1. The van der Waals surface area contributed by atoms with Crippen LogP contribution in [0.25, 0.3) is 0 Å². The molecule has 106 valence electrons. The Morgan fingerprint density at radius 3 is 3.11 bits per heavy atom. The number of benzene rings is 1. The maximum absolute atomic E-state index is 13.2. The molecule has 0 amide bonds. The molecule has 1 aromatic carbocycles. The Labute approximate surface area is 119 Å². The second-order valence-electron chi connectivity index (χ2n) is 5.41. The smallest absolute Gasteiger partial charge is 0.125 e. The van der Waals surface area contributed by atoms with Crippen LogP contribution in [0.4, 0.5) is 10.1 Å². The van der Waals surface area contributed by atoms with Gasteiger partial charge < -0.3 is 10.6 Å². The number of nitrogens with one attached hydrogen (secondary N) is 2. The van der Waals surface area contributed by atoms with Crippen molar-refractivity contribution < 1.29 is 4.39 Å². The molecule has 0 bridgehead atoms. The first kappa shape index (κ1) is 14.6. The minimum absolute atomic E-state index is 0.258. The molecule has 1 heterocycles. The topological polar surface area (TPSA) is 24.1 Å². The summed E-state index contributed by atoms with van der Waals surface area (Å²) < 4.78 is 13.2. The Balaban J connectivity index is 1.89. The fourth-order valence-electron chi connectivity index (χ4n) is 2.66. The van der Waals surface area contributed by atoms with Crippen LogP contribution in [0.2, 0.25) is 5.02 Å². The molecule has 2 atom stereocenters. The van der Waals surface area contributed by atoms with Gasteiger partial charge in [-0.25, -0.2) is 4.39 Å². The van der Waals surface area contributed by atoms with Crippen LogP contribution < -0.4 is 10.6 Å². The molecule has 1 aliphatic heterocycles. The fourth-order valence-corrected chi connectivity index (χ4v) is 2.83. The van der Waals surface area contributed by atoms with Gasteiger partial charge in [0.25, 0.3) is 0 Å². The zero-order valence-electron chi connectivity index (χ0n) is 11.4. The summed E-state index contributed by atoms with van der Waals surface area (Å²) in [6, 6.07) is 5.26. The lowest BCUT2D eigenvalue weighted by Gasteiger charge is -2.22. The first-order valence-corrected chi connectivity index (χ1v) is 7.48. The van der Waals surface area contributed by atoms with Crippen LogP contribution >= 0.6 is 11.6 Å². The van der Waals surface area contributed by atoms with Gasteiger partial charge in [-0.3, -0.25) is 0 Å². The van der Waals surface area contributed by atoms with E-state index in [-0.39, 0.29) is 11.9 Å². The second kappa shape index (κ2) is 7.11. The van der Waals surface area contributed by atoms with Gasteiger partial charge >= 0.3 is 0 Å². The molecule has 0 aliphatic carbocycles. The van der Waals surface area contributed by atoms with E-state index in [4.69, 9.17) is 11.6 Å². The number of halogens is 2. The van der Waals surface area contributed by atoms with Crippen LogP contribution in [0.5, 0.6) is 0 Å². The van der Waals surface area contributed by atoms with Crippen molar-refractivity contribution in [3.63, 3.8) is 0 Å². The summed E-state index contributed by atoms with van der Waals surface area (Å²) in [6.45, 7) is 3.23. The Morgan fingerprint density at radius 2 is 2.26 bits per heavy atom. The zero-order chi connectivity index (χ0) is 13.7. The lowest BCUT2D eigenvalue weighted by atomic mass is 10.0. The van der Waals surface area contributed by atoms with Crippen molar-refractivity contribution in [3.8, 4) is 0 Å². The molecular formula is C15H22ClFN2. The highest BCUT2D eigenvalue weighted by molar-refractivity contribution is 6.33. The predicted octanol–water partition coefficient (Wildman–Crippen LogP) is 4.20. The van der Waals surface area contributed by atoms with Crippen molar-refractivity contribution >= 4 is 17.3 Å². The van der Waals surface area contributed by atoms with E-state index in [1.54, 1.807) is 6.07 Å². The summed E-state index contributed by atoms with van der Waals surface area (Å²) in [4.78, 5) is 0. The number of rotatable bonds is 4. The standard InChI is InChI=1S/C15H22ClFN2/c1-11(9-13-5-3-2-4-8-18-13)19-15-10-12(17)6-7-14(15)16/h6-7,10-11,13,18-19H,2-5,8-9H2,1H3. The van der Waals surface area contributed by atoms with Gasteiger partial charge in [0, 0.05) is 12.1 Å². The minimum Gasteiger partial charge on any atom is -0.381 e.